The summed E-state index contributed by atoms with van der Waals surface area (Å²) in [5.41, 5.74) is 6.61. The Hall–Kier alpha value is -2.08. The van der Waals surface area contributed by atoms with Crippen molar-refractivity contribution in [1.29, 1.82) is 0 Å². The van der Waals surface area contributed by atoms with Gasteiger partial charge in [-0.1, -0.05) is 30.3 Å². The maximum Gasteiger partial charge on any atom is 0.405 e. The SMILES string of the molecule is NC[C@H]1CCCN1C(=O)[C@H](Cc1ccccc1)NC(=O)O. The van der Waals surface area contributed by atoms with Gasteiger partial charge in [-0.3, -0.25) is 4.79 Å². The topological polar surface area (TPSA) is 95.7 Å². The number of carbonyl (C=O) groups excluding carboxylic acids is 1. The van der Waals surface area contributed by atoms with Gasteiger partial charge in [-0.05, 0) is 18.4 Å². The highest BCUT2D eigenvalue weighted by Crippen LogP contribution is 2.18. The molecule has 2 atom stereocenters. The van der Waals surface area contributed by atoms with E-state index < -0.39 is 12.1 Å². The minimum absolute atomic E-state index is 0.0198. The third-order valence-corrected chi connectivity index (χ3v) is 3.81. The molecular weight excluding hydrogens is 270 g/mol. The van der Waals surface area contributed by atoms with Crippen LogP contribution in [0.1, 0.15) is 18.4 Å². The molecule has 114 valence electrons. The Morgan fingerprint density at radius 1 is 1.38 bits per heavy atom. The normalized spacial score (nSPS) is 19.3. The van der Waals surface area contributed by atoms with Crippen LogP contribution < -0.4 is 11.1 Å². The number of likely N-dealkylation sites (tertiary alicyclic amines) is 1. The molecule has 21 heavy (non-hydrogen) atoms. The van der Waals surface area contributed by atoms with Gasteiger partial charge in [0.05, 0.1) is 0 Å². The molecule has 1 saturated heterocycles. The van der Waals surface area contributed by atoms with Crippen LogP contribution in [0, 0.1) is 0 Å². The van der Waals surface area contributed by atoms with Crippen LogP contribution in [0.4, 0.5) is 4.79 Å². The third-order valence-electron chi connectivity index (χ3n) is 3.81. The minimum atomic E-state index is -1.19. The van der Waals surface area contributed by atoms with Crippen molar-refractivity contribution >= 4 is 12.0 Å². The molecule has 0 saturated carbocycles. The first-order valence-corrected chi connectivity index (χ1v) is 7.15. The molecule has 1 fully saturated rings. The molecule has 0 unspecified atom stereocenters. The maximum absolute atomic E-state index is 12.6. The zero-order chi connectivity index (χ0) is 15.2. The Morgan fingerprint density at radius 3 is 2.71 bits per heavy atom. The van der Waals surface area contributed by atoms with Gasteiger partial charge in [-0.15, -0.1) is 0 Å². The average Bonchev–Trinajstić information content (AvgIpc) is 2.95. The fourth-order valence-corrected chi connectivity index (χ4v) is 2.77. The summed E-state index contributed by atoms with van der Waals surface area (Å²) < 4.78 is 0. The lowest BCUT2D eigenvalue weighted by Gasteiger charge is -2.28. The summed E-state index contributed by atoms with van der Waals surface area (Å²) in [6.45, 7) is 1.06. The molecule has 0 radical (unpaired) electrons. The number of nitrogens with one attached hydrogen (secondary N) is 1. The van der Waals surface area contributed by atoms with Crippen LogP contribution >= 0.6 is 0 Å². The standard InChI is InChI=1S/C15H21N3O3/c16-10-12-7-4-8-18(12)14(19)13(17-15(20)21)9-11-5-2-1-3-6-11/h1-3,5-6,12-13,17H,4,7-10,16H2,(H,20,21)/t12-,13+/m1/s1. The van der Waals surface area contributed by atoms with Gasteiger partial charge in [0.15, 0.2) is 0 Å². The van der Waals surface area contributed by atoms with Crippen LogP contribution in [0.2, 0.25) is 0 Å². The quantitative estimate of drug-likeness (QED) is 0.748. The fourth-order valence-electron chi connectivity index (χ4n) is 2.77. The number of hydrogen-bond donors (Lipinski definition) is 3. The third kappa shape index (κ3) is 3.95. The van der Waals surface area contributed by atoms with Crippen LogP contribution in [0.15, 0.2) is 30.3 Å². The molecule has 0 bridgehead atoms. The number of carboxylic acid groups (broad SMARTS) is 1. The summed E-state index contributed by atoms with van der Waals surface area (Å²) in [6.07, 6.45) is 0.957. The summed E-state index contributed by atoms with van der Waals surface area (Å²) >= 11 is 0. The van der Waals surface area contributed by atoms with Crippen molar-refractivity contribution in [2.75, 3.05) is 13.1 Å². The predicted molar refractivity (Wildman–Crippen MR) is 78.9 cm³/mol. The molecule has 2 amide bonds. The van der Waals surface area contributed by atoms with Gasteiger partial charge >= 0.3 is 6.09 Å². The molecule has 4 N–H and O–H groups in total. The average molecular weight is 291 g/mol. The first kappa shape index (κ1) is 15.3. The molecule has 1 aromatic carbocycles. The molecule has 1 aromatic rings. The summed E-state index contributed by atoms with van der Waals surface area (Å²) in [6, 6.07) is 8.65. The van der Waals surface area contributed by atoms with Gasteiger partial charge in [0, 0.05) is 25.6 Å². The van der Waals surface area contributed by atoms with Crippen LogP contribution in [-0.2, 0) is 11.2 Å². The Bertz CT molecular complexity index is 492. The lowest BCUT2D eigenvalue weighted by atomic mass is 10.0. The highest BCUT2D eigenvalue weighted by atomic mass is 16.4. The number of benzene rings is 1. The van der Waals surface area contributed by atoms with Crippen molar-refractivity contribution in [2.45, 2.75) is 31.3 Å². The molecule has 6 nitrogen and oxygen atoms in total. The van der Waals surface area contributed by atoms with E-state index >= 15 is 0 Å². The van der Waals surface area contributed by atoms with Crippen LogP contribution in [0.25, 0.3) is 0 Å². The van der Waals surface area contributed by atoms with E-state index in [0.29, 0.717) is 19.5 Å². The molecule has 2 rings (SSSR count). The smallest absolute Gasteiger partial charge is 0.405 e. The monoisotopic (exact) mass is 291 g/mol. The van der Waals surface area contributed by atoms with E-state index in [4.69, 9.17) is 10.8 Å². The van der Waals surface area contributed by atoms with Gasteiger partial charge in [0.25, 0.3) is 0 Å². The molecule has 0 aliphatic carbocycles. The molecular formula is C15H21N3O3. The first-order valence-electron chi connectivity index (χ1n) is 7.15. The maximum atomic E-state index is 12.6. The molecule has 1 aliphatic heterocycles. The van der Waals surface area contributed by atoms with E-state index in [1.807, 2.05) is 30.3 Å². The highest BCUT2D eigenvalue weighted by Gasteiger charge is 2.33. The predicted octanol–water partition coefficient (Wildman–Crippen LogP) is 0.815. The van der Waals surface area contributed by atoms with Crippen molar-refractivity contribution in [3.63, 3.8) is 0 Å². The molecule has 0 spiro atoms. The van der Waals surface area contributed by atoms with Gasteiger partial charge in [0.2, 0.25) is 5.91 Å². The van der Waals surface area contributed by atoms with E-state index in [1.54, 1.807) is 4.90 Å². The largest absolute Gasteiger partial charge is 0.465 e. The zero-order valence-electron chi connectivity index (χ0n) is 11.9. The van der Waals surface area contributed by atoms with Crippen molar-refractivity contribution in [3.8, 4) is 0 Å². The summed E-state index contributed by atoms with van der Waals surface area (Å²) in [4.78, 5) is 25.3. The molecule has 1 heterocycles. The minimum Gasteiger partial charge on any atom is -0.465 e. The number of carbonyl (C=O) groups is 2. The van der Waals surface area contributed by atoms with E-state index in [0.717, 1.165) is 18.4 Å². The Kier molecular flexibility index (Phi) is 5.16. The van der Waals surface area contributed by atoms with Crippen molar-refractivity contribution in [3.05, 3.63) is 35.9 Å². The van der Waals surface area contributed by atoms with Gasteiger partial charge in [-0.2, -0.15) is 0 Å². The highest BCUT2D eigenvalue weighted by molar-refractivity contribution is 5.86. The molecule has 0 aromatic heterocycles. The number of nitrogens with zero attached hydrogens (tertiary/aromatic N) is 1. The number of hydrogen-bond acceptors (Lipinski definition) is 3. The summed E-state index contributed by atoms with van der Waals surface area (Å²) in [5, 5.41) is 11.3. The fraction of sp³-hybridized carbons (Fsp3) is 0.467. The first-order chi connectivity index (χ1) is 10.1. The number of nitrogens with two attached hydrogens (primary N) is 1. The lowest BCUT2D eigenvalue weighted by molar-refractivity contribution is -0.134. The molecule has 1 aliphatic rings. The van der Waals surface area contributed by atoms with Crippen molar-refractivity contribution in [1.82, 2.24) is 10.2 Å². The summed E-state index contributed by atoms with van der Waals surface area (Å²) in [5.74, 6) is -0.186. The van der Waals surface area contributed by atoms with E-state index in [9.17, 15) is 9.59 Å². The van der Waals surface area contributed by atoms with E-state index in [1.165, 1.54) is 0 Å². The second kappa shape index (κ2) is 7.08. The Labute approximate surface area is 123 Å². The van der Waals surface area contributed by atoms with Crippen LogP contribution in [-0.4, -0.2) is 47.2 Å². The Morgan fingerprint density at radius 2 is 2.10 bits per heavy atom. The zero-order valence-corrected chi connectivity index (χ0v) is 11.9. The lowest BCUT2D eigenvalue weighted by Crippen LogP contribution is -2.52. The molecule has 6 heteroatoms. The van der Waals surface area contributed by atoms with Crippen LogP contribution in [0.5, 0.6) is 0 Å². The van der Waals surface area contributed by atoms with Gasteiger partial charge in [-0.25, -0.2) is 4.79 Å². The van der Waals surface area contributed by atoms with E-state index in [-0.39, 0.29) is 11.9 Å². The van der Waals surface area contributed by atoms with Crippen LogP contribution in [0.3, 0.4) is 0 Å². The number of amides is 2. The van der Waals surface area contributed by atoms with Crippen molar-refractivity contribution in [2.24, 2.45) is 5.73 Å². The van der Waals surface area contributed by atoms with E-state index in [2.05, 4.69) is 5.32 Å². The summed E-state index contributed by atoms with van der Waals surface area (Å²) in [7, 11) is 0. The van der Waals surface area contributed by atoms with Crippen molar-refractivity contribution < 1.29 is 14.7 Å². The second-order valence-corrected chi connectivity index (χ2v) is 5.26. The van der Waals surface area contributed by atoms with Gasteiger partial charge in [0.1, 0.15) is 6.04 Å². The Balaban J connectivity index is 2.11. The second-order valence-electron chi connectivity index (χ2n) is 5.26. The van der Waals surface area contributed by atoms with Gasteiger partial charge < -0.3 is 21.1 Å². The number of rotatable bonds is 5.